The molecule has 0 radical (unpaired) electrons. The third-order valence-corrected chi connectivity index (χ3v) is 7.06. The first-order valence-electron chi connectivity index (χ1n) is 9.89. The van der Waals surface area contributed by atoms with E-state index in [4.69, 9.17) is 9.97 Å². The average molecular weight is 393 g/mol. The van der Waals surface area contributed by atoms with Crippen LogP contribution in [0.3, 0.4) is 0 Å². The minimum absolute atomic E-state index is 0.109. The standard InChI is InChI=1S/C22H24N4OS/c1-13-18-14(2)23-20(15-8-9-15)24-21(18)28-19(13)22(27)26-11-10-25(3)17-7-5-4-6-16(17)12-26/h4-7,15H,8-12H2,1-3H3. The molecule has 6 heteroatoms. The lowest BCUT2D eigenvalue weighted by Gasteiger charge is -2.20. The van der Waals surface area contributed by atoms with Crippen LogP contribution in [-0.2, 0) is 6.54 Å². The Morgan fingerprint density at radius 3 is 2.71 bits per heavy atom. The molecule has 5 rings (SSSR count). The molecule has 1 aliphatic heterocycles. The molecule has 0 saturated heterocycles. The van der Waals surface area contributed by atoms with E-state index in [1.165, 1.54) is 35.4 Å². The molecular formula is C22H24N4OS. The molecule has 3 heterocycles. The van der Waals surface area contributed by atoms with Crippen LogP contribution in [0.4, 0.5) is 5.69 Å². The van der Waals surface area contributed by atoms with Crippen molar-refractivity contribution >= 4 is 33.1 Å². The van der Waals surface area contributed by atoms with E-state index in [1.54, 1.807) is 0 Å². The Hall–Kier alpha value is -2.47. The minimum atomic E-state index is 0.109. The number of amides is 1. The van der Waals surface area contributed by atoms with Gasteiger partial charge in [0.2, 0.25) is 0 Å². The number of carbonyl (C=O) groups excluding carboxylic acids is 1. The summed E-state index contributed by atoms with van der Waals surface area (Å²) < 4.78 is 0. The van der Waals surface area contributed by atoms with Gasteiger partial charge in [0, 0.05) is 43.7 Å². The number of benzene rings is 1. The maximum Gasteiger partial charge on any atom is 0.264 e. The Kier molecular flexibility index (Phi) is 4.12. The Morgan fingerprint density at radius 1 is 1.14 bits per heavy atom. The molecule has 1 aromatic carbocycles. The average Bonchev–Trinajstić information content (AvgIpc) is 3.49. The smallest absolute Gasteiger partial charge is 0.264 e. The maximum absolute atomic E-state index is 13.5. The van der Waals surface area contributed by atoms with Crippen LogP contribution >= 0.6 is 11.3 Å². The van der Waals surface area contributed by atoms with Crippen molar-refractivity contribution in [2.75, 3.05) is 25.0 Å². The summed E-state index contributed by atoms with van der Waals surface area (Å²) in [6.07, 6.45) is 2.36. The van der Waals surface area contributed by atoms with E-state index < -0.39 is 0 Å². The van der Waals surface area contributed by atoms with Crippen molar-refractivity contribution in [1.29, 1.82) is 0 Å². The number of anilines is 1. The monoisotopic (exact) mass is 392 g/mol. The van der Waals surface area contributed by atoms with Crippen LogP contribution in [0.15, 0.2) is 24.3 Å². The zero-order chi connectivity index (χ0) is 19.4. The number of aromatic nitrogens is 2. The van der Waals surface area contributed by atoms with Gasteiger partial charge in [-0.1, -0.05) is 18.2 Å². The van der Waals surface area contributed by atoms with Gasteiger partial charge >= 0.3 is 0 Å². The molecule has 3 aromatic rings. The molecule has 2 aliphatic rings. The van der Waals surface area contributed by atoms with Crippen molar-refractivity contribution in [3.05, 3.63) is 51.8 Å². The summed E-state index contributed by atoms with van der Waals surface area (Å²) in [5, 5.41) is 1.06. The van der Waals surface area contributed by atoms with Gasteiger partial charge in [0.05, 0.1) is 10.6 Å². The van der Waals surface area contributed by atoms with Crippen molar-refractivity contribution in [2.45, 2.75) is 39.2 Å². The van der Waals surface area contributed by atoms with Gasteiger partial charge in [-0.15, -0.1) is 11.3 Å². The molecule has 0 bridgehead atoms. The third-order valence-electron chi connectivity index (χ3n) is 5.88. The second kappa shape index (κ2) is 6.55. The van der Waals surface area contributed by atoms with Gasteiger partial charge in [0.1, 0.15) is 10.7 Å². The normalized spacial score (nSPS) is 17.0. The second-order valence-electron chi connectivity index (χ2n) is 7.95. The fraction of sp³-hybridized carbons (Fsp3) is 0.409. The highest BCUT2D eigenvalue weighted by Crippen LogP contribution is 2.40. The molecule has 2 aromatic heterocycles. The highest BCUT2D eigenvalue weighted by molar-refractivity contribution is 7.20. The second-order valence-corrected chi connectivity index (χ2v) is 8.95. The maximum atomic E-state index is 13.5. The van der Waals surface area contributed by atoms with E-state index in [9.17, 15) is 4.79 Å². The van der Waals surface area contributed by atoms with Gasteiger partial charge in [-0.3, -0.25) is 4.79 Å². The predicted molar refractivity (Wildman–Crippen MR) is 113 cm³/mol. The molecule has 1 aliphatic carbocycles. The lowest BCUT2D eigenvalue weighted by molar-refractivity contribution is 0.0756. The lowest BCUT2D eigenvalue weighted by atomic mass is 10.1. The largest absolute Gasteiger partial charge is 0.373 e. The molecule has 144 valence electrons. The third kappa shape index (κ3) is 2.87. The van der Waals surface area contributed by atoms with Crippen LogP contribution in [0.25, 0.3) is 10.2 Å². The van der Waals surface area contributed by atoms with E-state index in [1.807, 2.05) is 24.8 Å². The number of rotatable bonds is 2. The zero-order valence-corrected chi connectivity index (χ0v) is 17.3. The van der Waals surface area contributed by atoms with Crippen LogP contribution in [0.2, 0.25) is 0 Å². The summed E-state index contributed by atoms with van der Waals surface area (Å²) in [7, 11) is 2.09. The highest BCUT2D eigenvalue weighted by Gasteiger charge is 2.30. The Balaban J connectivity index is 1.52. The SMILES string of the molecule is Cc1nc(C2CC2)nc2sc(C(=O)N3CCN(C)c4ccccc4C3)c(C)c12. The van der Waals surface area contributed by atoms with E-state index in [-0.39, 0.29) is 5.91 Å². The highest BCUT2D eigenvalue weighted by atomic mass is 32.1. The van der Waals surface area contributed by atoms with Crippen molar-refractivity contribution in [2.24, 2.45) is 0 Å². The topological polar surface area (TPSA) is 49.3 Å². The van der Waals surface area contributed by atoms with E-state index >= 15 is 0 Å². The Bertz CT molecular complexity index is 1090. The summed E-state index contributed by atoms with van der Waals surface area (Å²) in [5.74, 6) is 1.58. The Morgan fingerprint density at radius 2 is 1.93 bits per heavy atom. The number of carbonyl (C=O) groups is 1. The van der Waals surface area contributed by atoms with Crippen molar-refractivity contribution < 1.29 is 4.79 Å². The lowest BCUT2D eigenvalue weighted by Crippen LogP contribution is -2.34. The van der Waals surface area contributed by atoms with Gasteiger partial charge in [-0.25, -0.2) is 9.97 Å². The summed E-state index contributed by atoms with van der Waals surface area (Å²) in [6.45, 7) is 6.27. The number of fused-ring (bicyclic) bond motifs is 2. The van der Waals surface area contributed by atoms with Gasteiger partial charge in [0.15, 0.2) is 0 Å². The van der Waals surface area contributed by atoms with Gasteiger partial charge in [0.25, 0.3) is 5.91 Å². The number of para-hydroxylation sites is 1. The molecule has 0 unspecified atom stereocenters. The van der Waals surface area contributed by atoms with Crippen LogP contribution in [0, 0.1) is 13.8 Å². The molecule has 1 amide bonds. The molecule has 0 N–H and O–H groups in total. The summed E-state index contributed by atoms with van der Waals surface area (Å²) >= 11 is 1.53. The first-order valence-corrected chi connectivity index (χ1v) is 10.7. The van der Waals surface area contributed by atoms with Gasteiger partial charge < -0.3 is 9.80 Å². The van der Waals surface area contributed by atoms with Crippen LogP contribution in [0.1, 0.15) is 51.1 Å². The fourth-order valence-corrected chi connectivity index (χ4v) is 5.30. The van der Waals surface area contributed by atoms with Crippen LogP contribution < -0.4 is 4.90 Å². The molecule has 28 heavy (non-hydrogen) atoms. The molecule has 0 atom stereocenters. The summed E-state index contributed by atoms with van der Waals surface area (Å²) in [4.78, 5) is 29.0. The minimum Gasteiger partial charge on any atom is -0.373 e. The first kappa shape index (κ1) is 17.6. The first-order chi connectivity index (χ1) is 13.5. The molecule has 5 nitrogen and oxygen atoms in total. The van der Waals surface area contributed by atoms with E-state index in [0.29, 0.717) is 12.5 Å². The van der Waals surface area contributed by atoms with Gasteiger partial charge in [-0.2, -0.15) is 0 Å². The molecule has 1 saturated carbocycles. The molecule has 1 fully saturated rings. The number of hydrogen-bond donors (Lipinski definition) is 0. The van der Waals surface area contributed by atoms with E-state index in [0.717, 1.165) is 45.3 Å². The number of likely N-dealkylation sites (N-methyl/N-ethyl adjacent to an activating group) is 1. The van der Waals surface area contributed by atoms with Gasteiger partial charge in [-0.05, 0) is 43.9 Å². The van der Waals surface area contributed by atoms with Crippen molar-refractivity contribution in [3.63, 3.8) is 0 Å². The van der Waals surface area contributed by atoms with E-state index in [2.05, 4.69) is 30.1 Å². The van der Waals surface area contributed by atoms with Crippen molar-refractivity contribution in [3.8, 4) is 0 Å². The summed E-state index contributed by atoms with van der Waals surface area (Å²) in [6, 6.07) is 8.35. The molecular weight excluding hydrogens is 368 g/mol. The zero-order valence-electron chi connectivity index (χ0n) is 16.5. The number of aryl methyl sites for hydroxylation is 2. The van der Waals surface area contributed by atoms with Crippen LogP contribution in [0.5, 0.6) is 0 Å². The quantitative estimate of drug-likeness (QED) is 0.653. The van der Waals surface area contributed by atoms with Crippen molar-refractivity contribution in [1.82, 2.24) is 14.9 Å². The number of thiophene rings is 1. The number of hydrogen-bond acceptors (Lipinski definition) is 5. The summed E-state index contributed by atoms with van der Waals surface area (Å²) in [5.41, 5.74) is 4.43. The fourth-order valence-electron chi connectivity index (χ4n) is 4.10. The number of nitrogens with zero attached hydrogens (tertiary/aromatic N) is 4. The van der Waals surface area contributed by atoms with Crippen LogP contribution in [-0.4, -0.2) is 40.9 Å². The predicted octanol–water partition coefficient (Wildman–Crippen LogP) is 4.28. The Labute approximate surface area is 169 Å². The molecule has 0 spiro atoms.